The number of halogens is 1. The minimum absolute atomic E-state index is 0.125. The third kappa shape index (κ3) is 2.82. The van der Waals surface area contributed by atoms with Gasteiger partial charge >= 0.3 is 0 Å². The minimum atomic E-state index is 0.125. The molecule has 0 atom stereocenters. The van der Waals surface area contributed by atoms with Gasteiger partial charge in [-0.1, -0.05) is 42.5 Å². The third-order valence-corrected chi connectivity index (χ3v) is 4.03. The maximum absolute atomic E-state index is 7.93. The first kappa shape index (κ1) is 13.8. The van der Waals surface area contributed by atoms with Crippen LogP contribution in [-0.2, 0) is 0 Å². The zero-order chi connectivity index (χ0) is 14.8. The number of hydrogen-bond donors (Lipinski definition) is 2. The number of rotatable bonds is 2. The van der Waals surface area contributed by atoms with Gasteiger partial charge < -0.3 is 5.73 Å². The number of aromatic nitrogens is 2. The molecule has 0 fully saturated rings. The molecule has 4 nitrogen and oxygen atoms in total. The van der Waals surface area contributed by atoms with E-state index in [1.54, 1.807) is 4.57 Å². The zero-order valence-electron chi connectivity index (χ0n) is 11.1. The summed E-state index contributed by atoms with van der Waals surface area (Å²) >= 11 is 2.12. The summed E-state index contributed by atoms with van der Waals surface area (Å²) in [6.07, 6.45) is 1.82. The molecule has 0 saturated heterocycles. The Labute approximate surface area is 135 Å². The van der Waals surface area contributed by atoms with Crippen molar-refractivity contribution in [3.8, 4) is 16.8 Å². The fourth-order valence-corrected chi connectivity index (χ4v) is 2.50. The Balaban J connectivity index is 2.02. The molecule has 0 aliphatic rings. The van der Waals surface area contributed by atoms with E-state index in [1.165, 1.54) is 5.56 Å². The quantitative estimate of drug-likeness (QED) is 0.663. The zero-order valence-corrected chi connectivity index (χ0v) is 13.3. The van der Waals surface area contributed by atoms with Crippen LogP contribution in [0.25, 0.3) is 16.8 Å². The highest BCUT2D eigenvalue weighted by atomic mass is 127. The molecule has 0 radical (unpaired) electrons. The van der Waals surface area contributed by atoms with Crippen molar-refractivity contribution in [2.45, 2.75) is 0 Å². The lowest BCUT2D eigenvalue weighted by Gasteiger charge is -2.09. The fourth-order valence-electron chi connectivity index (χ4n) is 2.10. The van der Waals surface area contributed by atoms with Gasteiger partial charge in [-0.2, -0.15) is 4.98 Å². The summed E-state index contributed by atoms with van der Waals surface area (Å²) in [6.45, 7) is 0. The first-order valence-electron chi connectivity index (χ1n) is 6.40. The molecule has 0 aliphatic carbocycles. The Kier molecular flexibility index (Phi) is 3.74. The molecule has 3 aromatic rings. The van der Waals surface area contributed by atoms with Crippen molar-refractivity contribution in [2.24, 2.45) is 0 Å². The Morgan fingerprint density at radius 2 is 1.57 bits per heavy atom. The highest BCUT2D eigenvalue weighted by Gasteiger charge is 2.04. The van der Waals surface area contributed by atoms with Gasteiger partial charge in [0.15, 0.2) is 0 Å². The van der Waals surface area contributed by atoms with Crippen LogP contribution in [0.5, 0.6) is 0 Å². The number of hydrogen-bond acceptors (Lipinski definition) is 3. The second kappa shape index (κ2) is 5.69. The Bertz CT molecular complexity index is 823. The van der Waals surface area contributed by atoms with Crippen LogP contribution in [-0.4, -0.2) is 9.55 Å². The molecule has 0 aliphatic heterocycles. The second-order valence-corrected chi connectivity index (χ2v) is 5.74. The Hall–Kier alpha value is -2.15. The maximum atomic E-state index is 7.93. The summed E-state index contributed by atoms with van der Waals surface area (Å²) in [5.41, 5.74) is 9.05. The largest absolute Gasteiger partial charge is 0.383 e. The van der Waals surface area contributed by atoms with Gasteiger partial charge in [-0.3, -0.25) is 9.98 Å². The molecule has 0 spiro atoms. The molecule has 0 bridgehead atoms. The number of nitrogens with one attached hydrogen (secondary N) is 1. The van der Waals surface area contributed by atoms with Crippen LogP contribution < -0.4 is 11.4 Å². The molecule has 1 aromatic heterocycles. The number of benzene rings is 2. The monoisotopic (exact) mass is 388 g/mol. The van der Waals surface area contributed by atoms with Crippen LogP contribution in [0.15, 0.2) is 60.8 Å². The van der Waals surface area contributed by atoms with E-state index in [1.807, 2.05) is 48.7 Å². The van der Waals surface area contributed by atoms with Crippen LogP contribution in [0, 0.1) is 8.98 Å². The predicted octanol–water partition coefficient (Wildman–Crippen LogP) is 3.21. The van der Waals surface area contributed by atoms with Crippen LogP contribution >= 0.6 is 22.6 Å². The van der Waals surface area contributed by atoms with Crippen LogP contribution in [0.1, 0.15) is 0 Å². The average Bonchev–Trinajstić information content (AvgIpc) is 2.52. The third-order valence-electron chi connectivity index (χ3n) is 3.19. The van der Waals surface area contributed by atoms with E-state index < -0.39 is 0 Å². The van der Waals surface area contributed by atoms with Crippen molar-refractivity contribution in [2.75, 3.05) is 5.73 Å². The van der Waals surface area contributed by atoms with Gasteiger partial charge in [0.05, 0.1) is 3.57 Å². The van der Waals surface area contributed by atoms with E-state index in [4.69, 9.17) is 11.1 Å². The normalized spacial score (nSPS) is 10.5. The second-order valence-electron chi connectivity index (χ2n) is 4.58. The van der Waals surface area contributed by atoms with Gasteiger partial charge in [0, 0.05) is 11.9 Å². The summed E-state index contributed by atoms with van der Waals surface area (Å²) in [5.74, 6) is 0.387. The summed E-state index contributed by atoms with van der Waals surface area (Å²) in [6, 6.07) is 18.2. The molecule has 0 amide bonds. The average molecular weight is 388 g/mol. The molecule has 3 rings (SSSR count). The maximum Gasteiger partial charge on any atom is 0.228 e. The smallest absolute Gasteiger partial charge is 0.228 e. The lowest BCUT2D eigenvalue weighted by molar-refractivity contribution is 0.846. The van der Waals surface area contributed by atoms with E-state index >= 15 is 0 Å². The summed E-state index contributed by atoms with van der Waals surface area (Å²) < 4.78 is 2.54. The molecule has 104 valence electrons. The van der Waals surface area contributed by atoms with Gasteiger partial charge in [0.25, 0.3) is 0 Å². The Morgan fingerprint density at radius 3 is 2.24 bits per heavy atom. The molecular weight excluding hydrogens is 375 g/mol. The molecule has 0 saturated carbocycles. The van der Waals surface area contributed by atoms with Crippen molar-refractivity contribution < 1.29 is 0 Å². The molecule has 3 N–H and O–H groups in total. The molecule has 1 heterocycles. The summed E-state index contributed by atoms with van der Waals surface area (Å²) in [7, 11) is 0. The standard InChI is InChI=1S/C16H13IN4/c17-14-10-21(16(19)20-15(14)18)13-8-6-12(7-9-13)11-4-2-1-3-5-11/h1-10H,(H3,18,19,20). The highest BCUT2D eigenvalue weighted by Crippen LogP contribution is 2.20. The first-order chi connectivity index (χ1) is 10.1. The molecule has 0 unspecified atom stereocenters. The van der Waals surface area contributed by atoms with E-state index in [0.29, 0.717) is 5.82 Å². The fraction of sp³-hybridized carbons (Fsp3) is 0. The van der Waals surface area contributed by atoms with Crippen molar-refractivity contribution in [1.82, 2.24) is 9.55 Å². The SMILES string of the molecule is N=c1nc(N)c(I)cn1-c1ccc(-c2ccccc2)cc1. The topological polar surface area (TPSA) is 67.7 Å². The van der Waals surface area contributed by atoms with Gasteiger partial charge in [-0.25, -0.2) is 0 Å². The molecule has 5 heteroatoms. The lowest BCUT2D eigenvalue weighted by Crippen LogP contribution is -2.23. The van der Waals surface area contributed by atoms with Crippen LogP contribution in [0.2, 0.25) is 0 Å². The van der Waals surface area contributed by atoms with Crippen molar-refractivity contribution in [3.05, 3.63) is 70.0 Å². The van der Waals surface area contributed by atoms with E-state index in [0.717, 1.165) is 14.8 Å². The number of nitrogens with two attached hydrogens (primary N) is 1. The first-order valence-corrected chi connectivity index (χ1v) is 7.48. The number of nitrogen functional groups attached to an aromatic ring is 1. The molecule has 21 heavy (non-hydrogen) atoms. The van der Waals surface area contributed by atoms with Crippen molar-refractivity contribution in [3.63, 3.8) is 0 Å². The van der Waals surface area contributed by atoms with Crippen LogP contribution in [0.3, 0.4) is 0 Å². The van der Waals surface area contributed by atoms with Crippen molar-refractivity contribution >= 4 is 28.4 Å². The van der Waals surface area contributed by atoms with E-state index in [2.05, 4.69) is 39.7 Å². The number of nitrogens with zero attached hydrogens (tertiary/aromatic N) is 2. The number of anilines is 1. The minimum Gasteiger partial charge on any atom is -0.383 e. The Morgan fingerprint density at radius 1 is 0.952 bits per heavy atom. The highest BCUT2D eigenvalue weighted by molar-refractivity contribution is 14.1. The van der Waals surface area contributed by atoms with E-state index in [-0.39, 0.29) is 5.62 Å². The summed E-state index contributed by atoms with van der Waals surface area (Å²) in [5, 5.41) is 7.93. The molecule has 2 aromatic carbocycles. The van der Waals surface area contributed by atoms with Gasteiger partial charge in [0.1, 0.15) is 5.82 Å². The predicted molar refractivity (Wildman–Crippen MR) is 92.0 cm³/mol. The summed E-state index contributed by atoms with van der Waals surface area (Å²) in [4.78, 5) is 4.03. The van der Waals surface area contributed by atoms with Crippen molar-refractivity contribution in [1.29, 1.82) is 5.41 Å². The van der Waals surface area contributed by atoms with E-state index in [9.17, 15) is 0 Å². The van der Waals surface area contributed by atoms with Gasteiger partial charge in [0.2, 0.25) is 5.62 Å². The molecular formula is C16H13IN4. The van der Waals surface area contributed by atoms with Crippen LogP contribution in [0.4, 0.5) is 5.82 Å². The van der Waals surface area contributed by atoms with Gasteiger partial charge in [-0.15, -0.1) is 0 Å². The lowest BCUT2D eigenvalue weighted by atomic mass is 10.1. The van der Waals surface area contributed by atoms with Gasteiger partial charge in [-0.05, 0) is 45.9 Å².